The van der Waals surface area contributed by atoms with Crippen molar-refractivity contribution in [2.75, 3.05) is 10.6 Å². The fourth-order valence-electron chi connectivity index (χ4n) is 3.20. The van der Waals surface area contributed by atoms with E-state index in [1.165, 1.54) is 6.07 Å². The van der Waals surface area contributed by atoms with Crippen molar-refractivity contribution < 1.29 is 9.72 Å². The van der Waals surface area contributed by atoms with E-state index in [1.54, 1.807) is 6.07 Å². The van der Waals surface area contributed by atoms with Crippen LogP contribution in [0.25, 0.3) is 11.0 Å². The maximum absolute atomic E-state index is 11.6. The number of aromatic nitrogens is 2. The highest BCUT2D eigenvalue weighted by Gasteiger charge is 2.22. The first-order chi connectivity index (χ1) is 12.5. The number of hydrogen-bond acceptors (Lipinski definition) is 5. The minimum absolute atomic E-state index is 0.00723. The summed E-state index contributed by atoms with van der Waals surface area (Å²) in [5.41, 5.74) is 4.62. The van der Waals surface area contributed by atoms with Crippen LogP contribution in [0, 0.1) is 17.0 Å². The Bertz CT molecular complexity index is 1040. The topological polar surface area (TPSA) is 113 Å². The predicted octanol–water partition coefficient (Wildman–Crippen LogP) is 3.28. The zero-order valence-corrected chi connectivity index (χ0v) is 14.1. The third kappa shape index (κ3) is 2.85. The van der Waals surface area contributed by atoms with Crippen molar-refractivity contribution >= 4 is 34.0 Å². The molecule has 3 N–H and O–H groups in total. The Hall–Kier alpha value is -3.42. The molecule has 0 radical (unpaired) electrons. The fourth-order valence-corrected chi connectivity index (χ4v) is 3.20. The van der Waals surface area contributed by atoms with Crippen molar-refractivity contribution in [3.63, 3.8) is 0 Å². The second kappa shape index (κ2) is 6.14. The maximum Gasteiger partial charge on any atom is 0.292 e. The number of carbonyl (C=O) groups excluding carboxylic acids is 1. The lowest BCUT2D eigenvalue weighted by atomic mass is 10.0. The summed E-state index contributed by atoms with van der Waals surface area (Å²) in [6.45, 7) is 2.29. The molecule has 0 atom stereocenters. The smallest absolute Gasteiger partial charge is 0.292 e. The lowest BCUT2D eigenvalue weighted by Crippen LogP contribution is -2.19. The molecule has 1 aliphatic rings. The van der Waals surface area contributed by atoms with Crippen molar-refractivity contribution in [1.82, 2.24) is 9.97 Å². The molecule has 1 amide bonds. The number of nitrogens with zero attached hydrogens (tertiary/aromatic N) is 2. The zero-order valence-electron chi connectivity index (χ0n) is 14.1. The standard InChI is InChI=1S/C18H17N5O3/c1-10-3-2-4-12-18(10)22-16(20-12)9-19-14-8-13-11(5-6-17(24)21-13)7-15(14)23(25)26/h2-4,7-8,19H,5-6,9H2,1H3,(H,20,22)(H,21,24). The van der Waals surface area contributed by atoms with Crippen LogP contribution in [0.5, 0.6) is 0 Å². The summed E-state index contributed by atoms with van der Waals surface area (Å²) in [4.78, 5) is 30.4. The summed E-state index contributed by atoms with van der Waals surface area (Å²) < 4.78 is 0. The van der Waals surface area contributed by atoms with Crippen LogP contribution in [0.2, 0.25) is 0 Å². The minimum atomic E-state index is -0.415. The number of fused-ring (bicyclic) bond motifs is 2. The van der Waals surface area contributed by atoms with E-state index < -0.39 is 4.92 Å². The molecule has 8 nitrogen and oxygen atoms in total. The molecule has 0 saturated carbocycles. The third-order valence-electron chi connectivity index (χ3n) is 4.52. The number of rotatable bonds is 4. The molecule has 0 unspecified atom stereocenters. The van der Waals surface area contributed by atoms with Crippen LogP contribution in [0.1, 0.15) is 23.4 Å². The average molecular weight is 351 g/mol. The number of aryl methyl sites for hydroxylation is 2. The summed E-state index contributed by atoms with van der Waals surface area (Å²) in [6.07, 6.45) is 0.848. The van der Waals surface area contributed by atoms with Gasteiger partial charge in [-0.15, -0.1) is 0 Å². The first kappa shape index (κ1) is 16.1. The van der Waals surface area contributed by atoms with Gasteiger partial charge in [-0.3, -0.25) is 14.9 Å². The van der Waals surface area contributed by atoms with Crippen LogP contribution in [0.4, 0.5) is 17.1 Å². The van der Waals surface area contributed by atoms with Crippen molar-refractivity contribution in [2.24, 2.45) is 0 Å². The monoisotopic (exact) mass is 351 g/mol. The van der Waals surface area contributed by atoms with Crippen LogP contribution in [-0.2, 0) is 17.8 Å². The van der Waals surface area contributed by atoms with Gasteiger partial charge in [0.2, 0.25) is 5.91 Å². The maximum atomic E-state index is 11.6. The molecular weight excluding hydrogens is 334 g/mol. The zero-order chi connectivity index (χ0) is 18.3. The molecule has 2 heterocycles. The van der Waals surface area contributed by atoms with E-state index in [0.29, 0.717) is 36.6 Å². The Labute approximate surface area is 148 Å². The van der Waals surface area contributed by atoms with Crippen LogP contribution < -0.4 is 10.6 Å². The number of nitro benzene ring substituents is 1. The number of anilines is 2. The van der Waals surface area contributed by atoms with Crippen molar-refractivity contribution in [2.45, 2.75) is 26.3 Å². The molecule has 2 aromatic carbocycles. The molecule has 8 heteroatoms. The first-order valence-electron chi connectivity index (χ1n) is 8.30. The molecule has 0 aliphatic carbocycles. The SMILES string of the molecule is Cc1cccc2[nH]c(CNc3cc4c(cc3[N+](=O)[O-])CCC(=O)N4)nc12. The first-order valence-corrected chi connectivity index (χ1v) is 8.30. The Morgan fingerprint density at radius 3 is 2.92 bits per heavy atom. The molecule has 1 aliphatic heterocycles. The summed E-state index contributed by atoms with van der Waals surface area (Å²) in [5, 5.41) is 17.3. The van der Waals surface area contributed by atoms with Crippen molar-refractivity contribution in [1.29, 1.82) is 0 Å². The number of imidazole rings is 1. The quantitative estimate of drug-likeness (QED) is 0.493. The van der Waals surface area contributed by atoms with E-state index in [1.807, 2.05) is 25.1 Å². The second-order valence-electron chi connectivity index (χ2n) is 6.34. The van der Waals surface area contributed by atoms with Gasteiger partial charge in [0.1, 0.15) is 11.5 Å². The normalized spacial score (nSPS) is 13.3. The average Bonchev–Trinajstić information content (AvgIpc) is 3.03. The number of hydrogen-bond donors (Lipinski definition) is 3. The Morgan fingerprint density at radius 2 is 2.15 bits per heavy atom. The van der Waals surface area contributed by atoms with Crippen LogP contribution in [0.3, 0.4) is 0 Å². The summed E-state index contributed by atoms with van der Waals surface area (Å²) in [6, 6.07) is 9.02. The molecule has 0 spiro atoms. The largest absolute Gasteiger partial charge is 0.372 e. The number of nitro groups is 1. The lowest BCUT2D eigenvalue weighted by Gasteiger charge is -2.18. The number of H-pyrrole nitrogens is 1. The highest BCUT2D eigenvalue weighted by molar-refractivity contribution is 5.95. The highest BCUT2D eigenvalue weighted by Crippen LogP contribution is 2.34. The number of benzene rings is 2. The van der Waals surface area contributed by atoms with E-state index in [-0.39, 0.29) is 11.6 Å². The van der Waals surface area contributed by atoms with E-state index in [0.717, 1.165) is 22.2 Å². The van der Waals surface area contributed by atoms with Gasteiger partial charge in [0.05, 0.1) is 22.5 Å². The van der Waals surface area contributed by atoms with Gasteiger partial charge < -0.3 is 15.6 Å². The molecule has 132 valence electrons. The number of nitrogens with one attached hydrogen (secondary N) is 3. The van der Waals surface area contributed by atoms with Gasteiger partial charge in [-0.2, -0.15) is 0 Å². The molecular formula is C18H17N5O3. The van der Waals surface area contributed by atoms with Crippen LogP contribution >= 0.6 is 0 Å². The third-order valence-corrected chi connectivity index (χ3v) is 4.52. The molecule has 26 heavy (non-hydrogen) atoms. The Balaban J connectivity index is 1.64. The van der Waals surface area contributed by atoms with Crippen LogP contribution in [-0.4, -0.2) is 20.8 Å². The van der Waals surface area contributed by atoms with Crippen LogP contribution in [0.15, 0.2) is 30.3 Å². The summed E-state index contributed by atoms with van der Waals surface area (Å²) >= 11 is 0. The van der Waals surface area contributed by atoms with Gasteiger partial charge in [0.15, 0.2) is 0 Å². The molecule has 0 saturated heterocycles. The van der Waals surface area contributed by atoms with Gasteiger partial charge in [-0.25, -0.2) is 4.98 Å². The lowest BCUT2D eigenvalue weighted by molar-refractivity contribution is -0.384. The van der Waals surface area contributed by atoms with Crippen molar-refractivity contribution in [3.8, 4) is 0 Å². The molecule has 0 bridgehead atoms. The fraction of sp³-hybridized carbons (Fsp3) is 0.222. The minimum Gasteiger partial charge on any atom is -0.372 e. The highest BCUT2D eigenvalue weighted by atomic mass is 16.6. The Morgan fingerprint density at radius 1 is 1.31 bits per heavy atom. The summed E-state index contributed by atoms with van der Waals surface area (Å²) in [5.74, 6) is 0.607. The number of para-hydroxylation sites is 1. The van der Waals surface area contributed by atoms with E-state index in [2.05, 4.69) is 20.6 Å². The molecule has 4 rings (SSSR count). The number of carbonyl (C=O) groups is 1. The van der Waals surface area contributed by atoms with E-state index in [4.69, 9.17) is 0 Å². The van der Waals surface area contributed by atoms with Gasteiger partial charge in [0.25, 0.3) is 5.69 Å². The Kier molecular flexibility index (Phi) is 3.80. The molecule has 0 fully saturated rings. The van der Waals surface area contributed by atoms with Gasteiger partial charge in [-0.05, 0) is 36.6 Å². The predicted molar refractivity (Wildman–Crippen MR) is 98.2 cm³/mol. The molecule has 1 aromatic heterocycles. The molecule has 3 aromatic rings. The van der Waals surface area contributed by atoms with Gasteiger partial charge in [-0.1, -0.05) is 12.1 Å². The van der Waals surface area contributed by atoms with Gasteiger partial charge in [0, 0.05) is 18.2 Å². The second-order valence-corrected chi connectivity index (χ2v) is 6.34. The van der Waals surface area contributed by atoms with Gasteiger partial charge >= 0.3 is 0 Å². The van der Waals surface area contributed by atoms with E-state index >= 15 is 0 Å². The van der Waals surface area contributed by atoms with Crippen molar-refractivity contribution in [3.05, 3.63) is 57.4 Å². The summed E-state index contributed by atoms with van der Waals surface area (Å²) in [7, 11) is 0. The number of amides is 1. The van der Waals surface area contributed by atoms with E-state index in [9.17, 15) is 14.9 Å². The number of aromatic amines is 1.